The van der Waals surface area contributed by atoms with E-state index in [9.17, 15) is 0 Å². The number of hydrogen-bond acceptors (Lipinski definition) is 1. The number of aliphatic imine (C=N–C) groups is 1. The maximum atomic E-state index is 5.01. The van der Waals surface area contributed by atoms with E-state index in [-0.39, 0.29) is 5.41 Å². The summed E-state index contributed by atoms with van der Waals surface area (Å²) in [6, 6.07) is 23.5. The molecule has 0 saturated heterocycles. The third-order valence-corrected chi connectivity index (χ3v) is 5.17. The molecular weight excluding hydrogens is 328 g/mol. The summed E-state index contributed by atoms with van der Waals surface area (Å²) in [4.78, 5) is 8.56. The summed E-state index contributed by atoms with van der Waals surface area (Å²) in [7, 11) is 0. The van der Waals surface area contributed by atoms with E-state index in [1.807, 2.05) is 6.92 Å². The summed E-state index contributed by atoms with van der Waals surface area (Å²) in [5.41, 5.74) is 7.01. The van der Waals surface area contributed by atoms with Crippen molar-refractivity contribution in [3.05, 3.63) is 90.5 Å². The molecule has 0 amide bonds. The second-order valence-electron chi connectivity index (χ2n) is 7.45. The molecule has 0 bridgehead atoms. The van der Waals surface area contributed by atoms with Crippen molar-refractivity contribution in [1.82, 2.24) is 4.98 Å². The Morgan fingerprint density at radius 2 is 1.56 bits per heavy atom. The maximum Gasteiger partial charge on any atom is 0.0682 e. The Morgan fingerprint density at radius 3 is 2.30 bits per heavy atom. The van der Waals surface area contributed by atoms with Crippen molar-refractivity contribution >= 4 is 33.2 Å². The van der Waals surface area contributed by atoms with Gasteiger partial charge >= 0.3 is 0 Å². The lowest BCUT2D eigenvalue weighted by Crippen LogP contribution is -2.26. The van der Waals surface area contributed by atoms with Crippen LogP contribution in [0.3, 0.4) is 0 Å². The van der Waals surface area contributed by atoms with Gasteiger partial charge in [-0.3, -0.25) is 4.99 Å². The van der Waals surface area contributed by atoms with Crippen molar-refractivity contribution < 1.29 is 0 Å². The van der Waals surface area contributed by atoms with Gasteiger partial charge in [-0.05, 0) is 36.2 Å². The van der Waals surface area contributed by atoms with Gasteiger partial charge in [-0.25, -0.2) is 0 Å². The highest BCUT2D eigenvalue weighted by molar-refractivity contribution is 6.15. The van der Waals surface area contributed by atoms with Crippen LogP contribution in [0.1, 0.15) is 31.9 Å². The molecule has 2 heteroatoms. The Kier molecular flexibility index (Phi) is 4.19. The van der Waals surface area contributed by atoms with Gasteiger partial charge in [0, 0.05) is 27.2 Å². The van der Waals surface area contributed by atoms with E-state index < -0.39 is 0 Å². The SMILES string of the molecule is C=CC.CC1(C)C(c2ccccc2)=Nc2cc3c(cc21)[nH]c1ccccc13. The van der Waals surface area contributed by atoms with Gasteiger partial charge in [-0.15, -0.1) is 6.58 Å². The molecule has 0 saturated carbocycles. The number of nitrogens with zero attached hydrogens (tertiary/aromatic N) is 1. The van der Waals surface area contributed by atoms with E-state index in [1.54, 1.807) is 6.08 Å². The normalized spacial score (nSPS) is 14.4. The number of aromatic amines is 1. The minimum atomic E-state index is -0.0951. The predicted octanol–water partition coefficient (Wildman–Crippen LogP) is 6.93. The van der Waals surface area contributed by atoms with E-state index in [4.69, 9.17) is 4.99 Å². The molecule has 134 valence electrons. The summed E-state index contributed by atoms with van der Waals surface area (Å²) in [5, 5.41) is 2.51. The molecular formula is C25H24N2. The number of fused-ring (bicyclic) bond motifs is 4. The molecule has 27 heavy (non-hydrogen) atoms. The Labute approximate surface area is 160 Å². The van der Waals surface area contributed by atoms with Crippen LogP contribution in [0.15, 0.2) is 84.4 Å². The largest absolute Gasteiger partial charge is 0.354 e. The number of para-hydroxylation sites is 1. The van der Waals surface area contributed by atoms with Crippen LogP contribution in [0.4, 0.5) is 5.69 Å². The van der Waals surface area contributed by atoms with Crippen LogP contribution in [0.25, 0.3) is 21.8 Å². The predicted molar refractivity (Wildman–Crippen MR) is 117 cm³/mol. The highest BCUT2D eigenvalue weighted by Gasteiger charge is 2.36. The van der Waals surface area contributed by atoms with Gasteiger partial charge in [0.25, 0.3) is 0 Å². The first-order chi connectivity index (χ1) is 13.1. The molecule has 0 unspecified atom stereocenters. The molecule has 0 fully saturated rings. The molecule has 0 atom stereocenters. The summed E-state index contributed by atoms with van der Waals surface area (Å²) in [6.07, 6.45) is 1.75. The standard InChI is InChI=1S/C22H18N2.C3H6/c1-22(2)17-13-19-16(15-10-6-7-11-18(15)23-19)12-20(17)24-21(22)14-8-4-3-5-9-14;1-3-2/h3-13,23H,1-2H3;3H,1H2,2H3. The maximum absolute atomic E-state index is 5.01. The molecule has 4 aromatic rings. The second-order valence-corrected chi connectivity index (χ2v) is 7.45. The van der Waals surface area contributed by atoms with Crippen LogP contribution in [-0.2, 0) is 5.41 Å². The van der Waals surface area contributed by atoms with Crippen LogP contribution < -0.4 is 0 Å². The third kappa shape index (κ3) is 2.78. The third-order valence-electron chi connectivity index (χ3n) is 5.17. The minimum absolute atomic E-state index is 0.0951. The lowest BCUT2D eigenvalue weighted by Gasteiger charge is -2.22. The topological polar surface area (TPSA) is 28.1 Å². The van der Waals surface area contributed by atoms with Crippen molar-refractivity contribution in [1.29, 1.82) is 0 Å². The van der Waals surface area contributed by atoms with Crippen LogP contribution >= 0.6 is 0 Å². The highest BCUT2D eigenvalue weighted by Crippen LogP contribution is 2.44. The van der Waals surface area contributed by atoms with Crippen LogP contribution in [0.2, 0.25) is 0 Å². The van der Waals surface area contributed by atoms with Crippen LogP contribution in [0, 0.1) is 0 Å². The van der Waals surface area contributed by atoms with E-state index in [0.717, 1.165) is 11.4 Å². The Balaban J connectivity index is 0.000000565. The van der Waals surface area contributed by atoms with Gasteiger partial charge in [0.1, 0.15) is 0 Å². The molecule has 3 aromatic carbocycles. The first-order valence-electron chi connectivity index (χ1n) is 9.33. The smallest absolute Gasteiger partial charge is 0.0682 e. The number of allylic oxidation sites excluding steroid dienone is 1. The van der Waals surface area contributed by atoms with Crippen LogP contribution in [-0.4, -0.2) is 10.7 Å². The lowest BCUT2D eigenvalue weighted by atomic mass is 9.79. The van der Waals surface area contributed by atoms with E-state index >= 15 is 0 Å². The van der Waals surface area contributed by atoms with Crippen molar-refractivity contribution in [2.75, 3.05) is 0 Å². The number of H-pyrrole nitrogens is 1. The van der Waals surface area contributed by atoms with Gasteiger partial charge in [-0.2, -0.15) is 0 Å². The first-order valence-corrected chi connectivity index (χ1v) is 9.33. The lowest BCUT2D eigenvalue weighted by molar-refractivity contribution is 0.738. The molecule has 0 spiro atoms. The summed E-state index contributed by atoms with van der Waals surface area (Å²) >= 11 is 0. The van der Waals surface area contributed by atoms with Gasteiger partial charge in [0.05, 0.1) is 11.4 Å². The molecule has 0 radical (unpaired) electrons. The van der Waals surface area contributed by atoms with E-state index in [0.29, 0.717) is 0 Å². The average molecular weight is 352 g/mol. The van der Waals surface area contributed by atoms with Gasteiger partial charge in [0.15, 0.2) is 0 Å². The zero-order valence-corrected chi connectivity index (χ0v) is 16.1. The Hall–Kier alpha value is -3.13. The molecule has 2 nitrogen and oxygen atoms in total. The molecule has 0 aliphatic carbocycles. The fourth-order valence-electron chi connectivity index (χ4n) is 3.89. The molecule has 5 rings (SSSR count). The molecule has 1 N–H and O–H groups in total. The quantitative estimate of drug-likeness (QED) is 0.360. The molecule has 2 heterocycles. The molecule has 1 aromatic heterocycles. The summed E-state index contributed by atoms with van der Waals surface area (Å²) < 4.78 is 0. The van der Waals surface area contributed by atoms with Crippen molar-refractivity contribution in [3.8, 4) is 0 Å². The van der Waals surface area contributed by atoms with Crippen molar-refractivity contribution in [2.45, 2.75) is 26.2 Å². The number of benzene rings is 3. The number of nitrogens with one attached hydrogen (secondary N) is 1. The Bertz CT molecular complexity index is 1160. The zero-order valence-electron chi connectivity index (χ0n) is 16.1. The van der Waals surface area contributed by atoms with E-state index in [1.165, 1.54) is 32.9 Å². The monoisotopic (exact) mass is 352 g/mol. The van der Waals surface area contributed by atoms with Crippen molar-refractivity contribution in [2.24, 2.45) is 4.99 Å². The minimum Gasteiger partial charge on any atom is -0.354 e. The zero-order chi connectivity index (χ0) is 19.0. The number of hydrogen-bond donors (Lipinski definition) is 1. The van der Waals surface area contributed by atoms with Gasteiger partial charge in [0.2, 0.25) is 0 Å². The van der Waals surface area contributed by atoms with Crippen molar-refractivity contribution in [3.63, 3.8) is 0 Å². The highest BCUT2D eigenvalue weighted by atomic mass is 14.8. The van der Waals surface area contributed by atoms with Crippen LogP contribution in [0.5, 0.6) is 0 Å². The number of aromatic nitrogens is 1. The summed E-state index contributed by atoms with van der Waals surface area (Å²) in [5.74, 6) is 0. The second kappa shape index (κ2) is 6.55. The van der Waals surface area contributed by atoms with E-state index in [2.05, 4.69) is 92.1 Å². The van der Waals surface area contributed by atoms with Gasteiger partial charge in [-0.1, -0.05) is 68.5 Å². The van der Waals surface area contributed by atoms with Gasteiger partial charge < -0.3 is 4.98 Å². The molecule has 1 aliphatic rings. The summed E-state index contributed by atoms with van der Waals surface area (Å²) in [6.45, 7) is 9.78. The fraction of sp³-hybridized carbons (Fsp3) is 0.160. The molecule has 1 aliphatic heterocycles. The number of rotatable bonds is 1. The average Bonchev–Trinajstić information content (AvgIpc) is 3.16. The fourth-order valence-corrected chi connectivity index (χ4v) is 3.89. The Morgan fingerprint density at radius 1 is 0.889 bits per heavy atom. The first kappa shape index (κ1) is 17.3.